The molecule has 86 valence electrons. The molecule has 0 aliphatic heterocycles. The van der Waals surface area contributed by atoms with E-state index in [9.17, 15) is 8.76 Å². The Labute approximate surface area is 126 Å². The molecule has 1 atom stereocenters. The molecule has 15 heavy (non-hydrogen) atoms. The van der Waals surface area contributed by atoms with E-state index in [1.807, 2.05) is 21.6 Å². The van der Waals surface area contributed by atoms with E-state index in [4.69, 9.17) is 0 Å². The first-order valence-corrected chi connectivity index (χ1v) is 8.34. The van der Waals surface area contributed by atoms with Gasteiger partial charge in [0.15, 0.2) is 0 Å². The van der Waals surface area contributed by atoms with E-state index in [0.29, 0.717) is 10.5 Å². The van der Waals surface area contributed by atoms with Crippen LogP contribution < -0.4 is 29.6 Å². The van der Waals surface area contributed by atoms with E-state index in [1.54, 1.807) is 0 Å². The topological polar surface area (TPSA) is 40.1 Å². The summed E-state index contributed by atoms with van der Waals surface area (Å²) in [6.07, 6.45) is 2.94. The van der Waals surface area contributed by atoms with Crippen molar-refractivity contribution in [3.63, 3.8) is 0 Å². The molecule has 1 unspecified atom stereocenters. The molecule has 0 fully saturated rings. The van der Waals surface area contributed by atoms with Gasteiger partial charge in [-0.2, -0.15) is 0 Å². The summed E-state index contributed by atoms with van der Waals surface area (Å²) in [6.45, 7) is 6.60. The molecule has 0 saturated carbocycles. The summed E-state index contributed by atoms with van der Waals surface area (Å²) in [5, 5.41) is 0. The van der Waals surface area contributed by atoms with Crippen LogP contribution in [0.2, 0.25) is 0 Å². The van der Waals surface area contributed by atoms with Gasteiger partial charge in [0.05, 0.1) is 0 Å². The van der Waals surface area contributed by atoms with Gasteiger partial charge in [-0.15, -0.1) is 0 Å². The van der Waals surface area contributed by atoms with E-state index < -0.39 is 11.1 Å². The van der Waals surface area contributed by atoms with Crippen molar-refractivity contribution in [2.45, 2.75) is 44.8 Å². The Balaban J connectivity index is 0. The second-order valence-electron chi connectivity index (χ2n) is 4.09. The predicted octanol–water partition coefficient (Wildman–Crippen LogP) is 0.220. The van der Waals surface area contributed by atoms with Crippen LogP contribution in [0.25, 0.3) is 0 Å². The van der Waals surface area contributed by atoms with Crippen LogP contribution in [0.4, 0.5) is 0 Å². The fraction of sp³-hybridized carbons (Fsp3) is 1.00. The molecule has 0 radical (unpaired) electrons. The zero-order valence-electron chi connectivity index (χ0n) is 10.1. The number of rotatable bonds is 7. The molecular formula is C9H19NaO2S3. The maximum Gasteiger partial charge on any atom is 1.00 e. The zero-order chi connectivity index (χ0) is 11.0. The Bertz CT molecular complexity index is 171. The molecule has 0 amide bonds. The van der Waals surface area contributed by atoms with Gasteiger partial charge in [-0.3, -0.25) is 4.21 Å². The first-order chi connectivity index (χ1) is 6.42. The summed E-state index contributed by atoms with van der Waals surface area (Å²) in [7, 11) is 3.77. The summed E-state index contributed by atoms with van der Waals surface area (Å²) in [5.41, 5.74) is 0. The molecule has 0 aromatic heterocycles. The molecule has 0 aromatic carbocycles. The van der Waals surface area contributed by atoms with Crippen LogP contribution in [-0.4, -0.2) is 25.0 Å². The van der Waals surface area contributed by atoms with Crippen molar-refractivity contribution in [2.75, 3.05) is 11.5 Å². The standard InChI is InChI=1S/C9H20O2S3.Na/c1-9(2,3)13-12-7-5-4-6-8-14(10)11;/h4-8H2,1-3H3,(H,10,11);/q;+1/p-1. The van der Waals surface area contributed by atoms with E-state index in [1.165, 1.54) is 0 Å². The number of hydrogen-bond acceptors (Lipinski definition) is 4. The van der Waals surface area contributed by atoms with Gasteiger partial charge in [-0.05, 0) is 12.8 Å². The van der Waals surface area contributed by atoms with Gasteiger partial charge in [0.1, 0.15) is 0 Å². The van der Waals surface area contributed by atoms with Gasteiger partial charge in [0.25, 0.3) is 0 Å². The third-order valence-corrected chi connectivity index (χ3v) is 5.40. The Hall–Kier alpha value is 1.81. The number of unbranched alkanes of at least 4 members (excludes halogenated alkanes) is 2. The zero-order valence-corrected chi connectivity index (χ0v) is 14.5. The SMILES string of the molecule is CC(C)(C)SSCCCCCS(=O)[O-].[Na+]. The monoisotopic (exact) mass is 278 g/mol. The Morgan fingerprint density at radius 2 is 1.80 bits per heavy atom. The molecule has 0 saturated heterocycles. The minimum atomic E-state index is -1.85. The molecule has 0 rings (SSSR count). The van der Waals surface area contributed by atoms with Crippen molar-refractivity contribution in [3.8, 4) is 0 Å². The summed E-state index contributed by atoms with van der Waals surface area (Å²) in [6, 6.07) is 0. The molecule has 0 heterocycles. The second-order valence-corrected chi connectivity index (χ2v) is 8.34. The van der Waals surface area contributed by atoms with Crippen LogP contribution in [0.5, 0.6) is 0 Å². The molecule has 6 heteroatoms. The summed E-state index contributed by atoms with van der Waals surface area (Å²) >= 11 is -1.85. The molecule has 2 nitrogen and oxygen atoms in total. The van der Waals surface area contributed by atoms with E-state index in [2.05, 4.69) is 20.8 Å². The van der Waals surface area contributed by atoms with Gasteiger partial charge in [0, 0.05) is 16.3 Å². The van der Waals surface area contributed by atoms with Crippen LogP contribution >= 0.6 is 21.6 Å². The first-order valence-electron chi connectivity index (χ1n) is 4.78. The summed E-state index contributed by atoms with van der Waals surface area (Å²) in [5.74, 6) is 1.44. The second kappa shape index (κ2) is 10.9. The van der Waals surface area contributed by atoms with Crippen LogP contribution in [0.1, 0.15) is 40.0 Å². The van der Waals surface area contributed by atoms with Gasteiger partial charge in [0.2, 0.25) is 0 Å². The molecule has 0 bridgehead atoms. The van der Waals surface area contributed by atoms with Crippen LogP contribution in [0.15, 0.2) is 0 Å². The summed E-state index contributed by atoms with van der Waals surface area (Å²) in [4.78, 5) is 0. The average Bonchev–Trinajstić information content (AvgIpc) is 2.00. The third-order valence-electron chi connectivity index (χ3n) is 1.35. The predicted molar refractivity (Wildman–Crippen MR) is 67.4 cm³/mol. The van der Waals surface area contributed by atoms with Crippen molar-refractivity contribution in [2.24, 2.45) is 0 Å². The van der Waals surface area contributed by atoms with Crippen molar-refractivity contribution >= 4 is 32.7 Å². The van der Waals surface area contributed by atoms with Crippen molar-refractivity contribution < 1.29 is 38.3 Å². The van der Waals surface area contributed by atoms with E-state index >= 15 is 0 Å². The first kappa shape index (κ1) is 19.2. The average molecular weight is 278 g/mol. The maximum absolute atomic E-state index is 10.2. The third kappa shape index (κ3) is 18.4. The van der Waals surface area contributed by atoms with Gasteiger partial charge in [-0.1, -0.05) is 59.9 Å². The Morgan fingerprint density at radius 3 is 2.27 bits per heavy atom. The molecule has 0 aliphatic rings. The Kier molecular flexibility index (Phi) is 14.0. The minimum absolute atomic E-state index is 0. The van der Waals surface area contributed by atoms with E-state index in [0.717, 1.165) is 25.0 Å². The molecule has 0 spiro atoms. The smallest absolute Gasteiger partial charge is 0.772 e. The van der Waals surface area contributed by atoms with Crippen LogP contribution in [0, 0.1) is 0 Å². The Morgan fingerprint density at radius 1 is 1.20 bits per heavy atom. The summed E-state index contributed by atoms with van der Waals surface area (Å²) < 4.78 is 20.7. The fourth-order valence-electron chi connectivity index (χ4n) is 0.776. The van der Waals surface area contributed by atoms with Crippen LogP contribution in [-0.2, 0) is 11.1 Å². The van der Waals surface area contributed by atoms with Crippen molar-refractivity contribution in [1.82, 2.24) is 0 Å². The van der Waals surface area contributed by atoms with Gasteiger partial charge < -0.3 is 4.55 Å². The normalized spacial score (nSPS) is 13.3. The van der Waals surface area contributed by atoms with Crippen molar-refractivity contribution in [3.05, 3.63) is 0 Å². The van der Waals surface area contributed by atoms with E-state index in [-0.39, 0.29) is 29.6 Å². The minimum Gasteiger partial charge on any atom is -0.772 e. The molecule has 0 N–H and O–H groups in total. The fourth-order valence-corrected chi connectivity index (χ4v) is 3.64. The van der Waals surface area contributed by atoms with Gasteiger partial charge >= 0.3 is 29.6 Å². The molecular weight excluding hydrogens is 259 g/mol. The largest absolute Gasteiger partial charge is 1.00 e. The number of hydrogen-bond donors (Lipinski definition) is 0. The van der Waals surface area contributed by atoms with Gasteiger partial charge in [-0.25, -0.2) is 0 Å². The quantitative estimate of drug-likeness (QED) is 0.289. The van der Waals surface area contributed by atoms with Crippen molar-refractivity contribution in [1.29, 1.82) is 0 Å². The maximum atomic E-state index is 10.2. The molecule has 0 aromatic rings. The van der Waals surface area contributed by atoms with Crippen LogP contribution in [0.3, 0.4) is 0 Å². The molecule has 0 aliphatic carbocycles.